The van der Waals surface area contributed by atoms with E-state index in [0.717, 1.165) is 6.07 Å². The van der Waals surface area contributed by atoms with Gasteiger partial charge in [0, 0.05) is 24.5 Å². The number of aryl methyl sites for hydroxylation is 1. The maximum Gasteiger partial charge on any atom is 0.419 e. The molecule has 0 bridgehead atoms. The fourth-order valence-electron chi connectivity index (χ4n) is 3.47. The number of nitrogens with one attached hydrogen (secondary N) is 2. The minimum atomic E-state index is -4.95. The van der Waals surface area contributed by atoms with Gasteiger partial charge in [-0.15, -0.1) is 6.58 Å². The number of aliphatic hydroxyl groups is 1. The minimum absolute atomic E-state index is 0.0644. The number of hydrogen-bond donors (Lipinski definition) is 3. The molecule has 0 radical (unpaired) electrons. The normalized spacial score (nSPS) is 20.6. The van der Waals surface area contributed by atoms with Crippen molar-refractivity contribution in [1.29, 1.82) is 0 Å². The molecule has 0 aliphatic carbocycles. The molecule has 168 valence electrons. The largest absolute Gasteiger partial charge is 0.419 e. The number of nitrogens with zero attached hydrogens (tertiary/aromatic N) is 1. The van der Waals surface area contributed by atoms with E-state index in [4.69, 9.17) is 0 Å². The van der Waals surface area contributed by atoms with E-state index in [1.54, 1.807) is 0 Å². The van der Waals surface area contributed by atoms with E-state index in [1.165, 1.54) is 23.9 Å². The van der Waals surface area contributed by atoms with Crippen molar-refractivity contribution in [3.8, 4) is 0 Å². The second kappa shape index (κ2) is 7.77. The summed E-state index contributed by atoms with van der Waals surface area (Å²) >= 11 is 0. The minimum Gasteiger partial charge on any atom is -0.394 e. The summed E-state index contributed by atoms with van der Waals surface area (Å²) in [5.41, 5.74) is -3.12. The maximum atomic E-state index is 13.5. The summed E-state index contributed by atoms with van der Waals surface area (Å²) in [7, 11) is -2.72. The molecule has 1 atom stereocenters. The quantitative estimate of drug-likeness (QED) is 0.481. The molecule has 3 rings (SSSR count). The van der Waals surface area contributed by atoms with Crippen molar-refractivity contribution >= 4 is 21.6 Å². The van der Waals surface area contributed by atoms with Gasteiger partial charge in [-0.2, -0.15) is 17.9 Å². The summed E-state index contributed by atoms with van der Waals surface area (Å²) in [4.78, 5) is 12.7. The van der Waals surface area contributed by atoms with E-state index in [-0.39, 0.29) is 34.7 Å². The van der Waals surface area contributed by atoms with Crippen molar-refractivity contribution in [2.45, 2.75) is 29.5 Å². The second-order valence-corrected chi connectivity index (χ2v) is 8.85. The van der Waals surface area contributed by atoms with Crippen LogP contribution in [0.3, 0.4) is 0 Å². The number of benzene rings is 1. The third-order valence-electron chi connectivity index (χ3n) is 5.11. The van der Waals surface area contributed by atoms with Gasteiger partial charge < -0.3 is 15.0 Å². The molecule has 0 unspecified atom stereocenters. The van der Waals surface area contributed by atoms with Gasteiger partial charge in [0.15, 0.2) is 0 Å². The fraction of sp³-hybridized carbons (Fsp3) is 0.316. The summed E-state index contributed by atoms with van der Waals surface area (Å²) in [6, 6.07) is 2.01. The Balaban J connectivity index is 2.01. The maximum absolute atomic E-state index is 13.5. The lowest BCUT2D eigenvalue weighted by molar-refractivity contribution is -0.139. The van der Waals surface area contributed by atoms with Crippen LogP contribution >= 0.6 is 0 Å². The zero-order valence-electron chi connectivity index (χ0n) is 16.3. The zero-order valence-corrected chi connectivity index (χ0v) is 17.1. The van der Waals surface area contributed by atoms with E-state index in [9.17, 15) is 35.9 Å². The van der Waals surface area contributed by atoms with Crippen LogP contribution in [-0.4, -0.2) is 36.1 Å². The average molecular weight is 461 g/mol. The molecule has 3 N–H and O–H groups in total. The Morgan fingerprint density at radius 3 is 2.68 bits per heavy atom. The molecule has 2 heterocycles. The summed E-state index contributed by atoms with van der Waals surface area (Å²) in [6.07, 6.45) is -2.32. The molecule has 12 heteroatoms. The first-order valence-electron chi connectivity index (χ1n) is 8.98. The Morgan fingerprint density at radius 1 is 1.42 bits per heavy atom. The standard InChI is InChI=1S/C19H19F4N3O4S/c1-3-18(10-27)7-6-12-15(31(29,30)25-18)9-26(2)16(12)17(28)24-11-4-5-14(20)13(8-11)19(21,22)23/h3-5,8-9,25,27H,1,6-7,10H2,2H3,(H,24,28)/t18-/m1/s1. The van der Waals surface area contributed by atoms with Gasteiger partial charge >= 0.3 is 6.18 Å². The lowest BCUT2D eigenvalue weighted by Crippen LogP contribution is -2.48. The number of carbonyl (C=O) groups is 1. The Bertz CT molecular complexity index is 1160. The fourth-order valence-corrected chi connectivity index (χ4v) is 5.19. The molecule has 0 saturated carbocycles. The van der Waals surface area contributed by atoms with Crippen LogP contribution < -0.4 is 10.0 Å². The molecule has 0 spiro atoms. The molecule has 1 aromatic carbocycles. The van der Waals surface area contributed by atoms with Gasteiger partial charge in [-0.3, -0.25) is 4.79 Å². The van der Waals surface area contributed by atoms with Crippen LogP contribution in [0, 0.1) is 5.82 Å². The van der Waals surface area contributed by atoms with Crippen LogP contribution in [-0.2, 0) is 29.7 Å². The van der Waals surface area contributed by atoms with Crippen LogP contribution in [0.2, 0.25) is 0 Å². The first kappa shape index (κ1) is 23.0. The molecule has 0 fully saturated rings. The van der Waals surface area contributed by atoms with Gasteiger partial charge in [-0.25, -0.2) is 12.8 Å². The van der Waals surface area contributed by atoms with Crippen molar-refractivity contribution in [1.82, 2.24) is 9.29 Å². The van der Waals surface area contributed by atoms with Gasteiger partial charge in [-0.1, -0.05) is 6.08 Å². The predicted octanol–water partition coefficient (Wildman–Crippen LogP) is 2.58. The summed E-state index contributed by atoms with van der Waals surface area (Å²) in [5.74, 6) is -2.35. The van der Waals surface area contributed by atoms with Crippen molar-refractivity contribution in [2.24, 2.45) is 7.05 Å². The molecule has 31 heavy (non-hydrogen) atoms. The molecule has 1 aliphatic heterocycles. The van der Waals surface area contributed by atoms with Crippen LogP contribution in [0.1, 0.15) is 28.0 Å². The Morgan fingerprint density at radius 2 is 2.10 bits per heavy atom. The Labute approximate surface area is 175 Å². The monoisotopic (exact) mass is 461 g/mol. The van der Waals surface area contributed by atoms with Crippen LogP contribution in [0.4, 0.5) is 23.2 Å². The number of anilines is 1. The average Bonchev–Trinajstić information content (AvgIpc) is 2.98. The SMILES string of the molecule is C=C[C@]1(CO)CCc2c(cn(C)c2C(=O)Nc2ccc(F)c(C(F)(F)F)c2)S(=O)(=O)N1. The number of aromatic nitrogens is 1. The van der Waals surface area contributed by atoms with Gasteiger partial charge in [-0.05, 0) is 31.0 Å². The molecule has 1 aromatic heterocycles. The van der Waals surface area contributed by atoms with E-state index >= 15 is 0 Å². The first-order chi connectivity index (χ1) is 14.3. The van der Waals surface area contributed by atoms with Crippen LogP contribution in [0.5, 0.6) is 0 Å². The van der Waals surface area contributed by atoms with E-state index in [1.807, 2.05) is 0 Å². The van der Waals surface area contributed by atoms with Crippen LogP contribution in [0.15, 0.2) is 41.9 Å². The first-order valence-corrected chi connectivity index (χ1v) is 10.5. The number of alkyl halides is 3. The topological polar surface area (TPSA) is 100 Å². The van der Waals surface area contributed by atoms with Crippen molar-refractivity contribution in [2.75, 3.05) is 11.9 Å². The van der Waals surface area contributed by atoms with Gasteiger partial charge in [0.25, 0.3) is 5.91 Å². The number of carbonyl (C=O) groups excluding carboxylic acids is 1. The number of rotatable bonds is 4. The molecular weight excluding hydrogens is 442 g/mol. The third-order valence-corrected chi connectivity index (χ3v) is 6.72. The third kappa shape index (κ3) is 4.23. The summed E-state index contributed by atoms with van der Waals surface area (Å²) < 4.78 is 81.5. The second-order valence-electron chi connectivity index (χ2n) is 7.20. The van der Waals surface area contributed by atoms with Gasteiger partial charge in [0.1, 0.15) is 16.4 Å². The highest BCUT2D eigenvalue weighted by Gasteiger charge is 2.39. The number of sulfonamides is 1. The molecule has 7 nitrogen and oxygen atoms in total. The molecule has 1 amide bonds. The highest BCUT2D eigenvalue weighted by atomic mass is 32.2. The summed E-state index contributed by atoms with van der Waals surface area (Å²) in [6.45, 7) is 3.00. The van der Waals surface area contributed by atoms with Crippen LogP contribution in [0.25, 0.3) is 0 Å². The molecule has 0 saturated heterocycles. The predicted molar refractivity (Wildman–Crippen MR) is 103 cm³/mol. The number of aliphatic hydroxyl groups excluding tert-OH is 1. The van der Waals surface area contributed by atoms with E-state index in [2.05, 4.69) is 16.6 Å². The van der Waals surface area contributed by atoms with Crippen molar-refractivity contribution in [3.63, 3.8) is 0 Å². The Kier molecular flexibility index (Phi) is 5.76. The van der Waals surface area contributed by atoms with Gasteiger partial charge in [0.05, 0.1) is 17.7 Å². The highest BCUT2D eigenvalue weighted by Crippen LogP contribution is 2.34. The molecular formula is C19H19F4N3O4S. The molecule has 2 aromatic rings. The number of halogens is 4. The highest BCUT2D eigenvalue weighted by molar-refractivity contribution is 7.89. The van der Waals surface area contributed by atoms with Crippen molar-refractivity contribution in [3.05, 3.63) is 59.7 Å². The molecule has 1 aliphatic rings. The lowest BCUT2D eigenvalue weighted by atomic mass is 9.93. The number of fused-ring (bicyclic) bond motifs is 1. The van der Waals surface area contributed by atoms with Crippen molar-refractivity contribution < 1.29 is 35.9 Å². The smallest absolute Gasteiger partial charge is 0.394 e. The van der Waals surface area contributed by atoms with Gasteiger partial charge in [0.2, 0.25) is 10.0 Å². The summed E-state index contributed by atoms with van der Waals surface area (Å²) in [5, 5.41) is 11.9. The number of amides is 1. The zero-order chi connectivity index (χ0) is 23.2. The lowest BCUT2D eigenvalue weighted by Gasteiger charge is -2.27. The van der Waals surface area contributed by atoms with E-state index < -0.39 is 45.6 Å². The number of hydrogen-bond acceptors (Lipinski definition) is 4. The van der Waals surface area contributed by atoms with E-state index in [0.29, 0.717) is 12.1 Å². The Hall–Kier alpha value is -2.70.